The highest BCUT2D eigenvalue weighted by Gasteiger charge is 2.29. The zero-order valence-corrected chi connectivity index (χ0v) is 12.9. The van der Waals surface area contributed by atoms with E-state index in [9.17, 15) is 8.42 Å². The third-order valence-corrected chi connectivity index (χ3v) is 5.83. The van der Waals surface area contributed by atoms with Crippen LogP contribution in [0.5, 0.6) is 0 Å². The van der Waals surface area contributed by atoms with Crippen LogP contribution in [0.25, 0.3) is 0 Å². The Hall–Kier alpha value is -0.740. The van der Waals surface area contributed by atoms with E-state index >= 15 is 0 Å². The van der Waals surface area contributed by atoms with Crippen LogP contribution in [0.2, 0.25) is 0 Å². The maximum Gasteiger partial charge on any atom is 0.180 e. The van der Waals surface area contributed by atoms with Crippen LogP contribution in [0.1, 0.15) is 19.8 Å². The molecule has 0 amide bonds. The lowest BCUT2D eigenvalue weighted by atomic mass is 9.84. The van der Waals surface area contributed by atoms with Gasteiger partial charge in [0, 0.05) is 19.0 Å². The number of sulfone groups is 1. The van der Waals surface area contributed by atoms with Gasteiger partial charge in [0.05, 0.1) is 16.3 Å². The van der Waals surface area contributed by atoms with Crippen LogP contribution < -0.4 is 4.90 Å². The molecule has 5 heteroatoms. The van der Waals surface area contributed by atoms with E-state index in [-0.39, 0.29) is 5.75 Å². The summed E-state index contributed by atoms with van der Waals surface area (Å²) in [6, 6.07) is 7.22. The average Bonchev–Trinajstić information content (AvgIpc) is 2.37. The van der Waals surface area contributed by atoms with Crippen molar-refractivity contribution in [1.29, 1.82) is 0 Å². The molecule has 19 heavy (non-hydrogen) atoms. The molecule has 0 spiro atoms. The van der Waals surface area contributed by atoms with Gasteiger partial charge in [-0.05, 0) is 30.9 Å². The van der Waals surface area contributed by atoms with Gasteiger partial charge in [0.15, 0.2) is 9.84 Å². The van der Waals surface area contributed by atoms with Crippen molar-refractivity contribution in [2.75, 3.05) is 24.2 Å². The Labute approximate surface area is 120 Å². The van der Waals surface area contributed by atoms with Crippen molar-refractivity contribution in [1.82, 2.24) is 0 Å². The van der Waals surface area contributed by atoms with Gasteiger partial charge in [-0.2, -0.15) is 0 Å². The first-order valence-electron chi connectivity index (χ1n) is 6.61. The van der Waals surface area contributed by atoms with Gasteiger partial charge in [-0.3, -0.25) is 0 Å². The SMILES string of the molecule is CCS(=O)(=O)c1ccccc1N(C)CC1CC(Cl)C1. The van der Waals surface area contributed by atoms with Crippen LogP contribution in [-0.2, 0) is 9.84 Å². The summed E-state index contributed by atoms with van der Waals surface area (Å²) in [4.78, 5) is 2.47. The predicted octanol–water partition coefficient (Wildman–Crippen LogP) is 2.93. The quantitative estimate of drug-likeness (QED) is 0.785. The van der Waals surface area contributed by atoms with Crippen LogP contribution in [0.4, 0.5) is 5.69 Å². The fourth-order valence-electron chi connectivity index (χ4n) is 2.48. The molecule has 2 rings (SSSR count). The normalized spacial score (nSPS) is 22.9. The number of rotatable bonds is 5. The number of alkyl halides is 1. The van der Waals surface area contributed by atoms with Crippen molar-refractivity contribution >= 4 is 27.1 Å². The molecule has 106 valence electrons. The van der Waals surface area contributed by atoms with Gasteiger partial charge in [0.2, 0.25) is 0 Å². The minimum absolute atomic E-state index is 0.130. The summed E-state index contributed by atoms with van der Waals surface area (Å²) in [5.41, 5.74) is 0.794. The summed E-state index contributed by atoms with van der Waals surface area (Å²) in [5.74, 6) is 0.704. The zero-order chi connectivity index (χ0) is 14.0. The minimum Gasteiger partial charge on any atom is -0.373 e. The van der Waals surface area contributed by atoms with Gasteiger partial charge in [-0.15, -0.1) is 11.6 Å². The summed E-state index contributed by atoms with van der Waals surface area (Å²) < 4.78 is 24.2. The average molecular weight is 302 g/mol. The smallest absolute Gasteiger partial charge is 0.180 e. The Morgan fingerprint density at radius 1 is 1.32 bits per heavy atom. The summed E-state index contributed by atoms with van der Waals surface area (Å²) in [7, 11) is -1.23. The number of nitrogens with zero attached hydrogens (tertiary/aromatic N) is 1. The monoisotopic (exact) mass is 301 g/mol. The fraction of sp³-hybridized carbons (Fsp3) is 0.571. The molecule has 0 heterocycles. The number of hydrogen-bond acceptors (Lipinski definition) is 3. The van der Waals surface area contributed by atoms with E-state index in [0.29, 0.717) is 16.2 Å². The highest BCUT2D eigenvalue weighted by molar-refractivity contribution is 7.91. The number of benzene rings is 1. The van der Waals surface area contributed by atoms with Crippen LogP contribution >= 0.6 is 11.6 Å². The van der Waals surface area contributed by atoms with E-state index in [1.165, 1.54) is 0 Å². The van der Waals surface area contributed by atoms with Crippen molar-refractivity contribution < 1.29 is 8.42 Å². The molecule has 0 bridgehead atoms. The van der Waals surface area contributed by atoms with E-state index < -0.39 is 9.84 Å². The second-order valence-electron chi connectivity index (χ2n) is 5.19. The van der Waals surface area contributed by atoms with Gasteiger partial charge >= 0.3 is 0 Å². The largest absolute Gasteiger partial charge is 0.373 e. The summed E-state index contributed by atoms with van der Waals surface area (Å²) >= 11 is 5.99. The Balaban J connectivity index is 2.20. The molecule has 0 radical (unpaired) electrons. The van der Waals surface area contributed by atoms with Crippen molar-refractivity contribution in [3.8, 4) is 0 Å². The Kier molecular flexibility index (Phi) is 4.41. The number of halogens is 1. The van der Waals surface area contributed by atoms with Crippen molar-refractivity contribution in [3.05, 3.63) is 24.3 Å². The first-order chi connectivity index (χ1) is 8.94. The second-order valence-corrected chi connectivity index (χ2v) is 8.05. The third kappa shape index (κ3) is 3.23. The van der Waals surface area contributed by atoms with Gasteiger partial charge in [0.25, 0.3) is 0 Å². The Morgan fingerprint density at radius 2 is 1.95 bits per heavy atom. The lowest BCUT2D eigenvalue weighted by Gasteiger charge is -2.35. The molecule has 0 unspecified atom stereocenters. The third-order valence-electron chi connectivity index (χ3n) is 3.70. The molecule has 0 saturated heterocycles. The van der Waals surface area contributed by atoms with Crippen molar-refractivity contribution in [3.63, 3.8) is 0 Å². The van der Waals surface area contributed by atoms with Crippen LogP contribution in [-0.4, -0.2) is 33.1 Å². The summed E-state index contributed by atoms with van der Waals surface area (Å²) in [6.45, 7) is 2.54. The Bertz CT molecular complexity index is 538. The van der Waals surface area contributed by atoms with Gasteiger partial charge in [0.1, 0.15) is 0 Å². The maximum absolute atomic E-state index is 12.1. The molecule has 0 atom stereocenters. The van der Waals surface area contributed by atoms with Crippen molar-refractivity contribution in [2.24, 2.45) is 5.92 Å². The van der Waals surface area contributed by atoms with E-state index in [0.717, 1.165) is 25.1 Å². The van der Waals surface area contributed by atoms with Crippen LogP contribution in [0.15, 0.2) is 29.2 Å². The first kappa shape index (κ1) is 14.7. The molecular weight excluding hydrogens is 282 g/mol. The van der Waals surface area contributed by atoms with Crippen LogP contribution in [0, 0.1) is 5.92 Å². The number of anilines is 1. The van der Waals surface area contributed by atoms with Gasteiger partial charge in [-0.25, -0.2) is 8.42 Å². The summed E-state index contributed by atoms with van der Waals surface area (Å²) in [5, 5.41) is 0.299. The highest BCUT2D eigenvalue weighted by Crippen LogP contribution is 2.34. The molecule has 0 N–H and O–H groups in total. The lowest BCUT2D eigenvalue weighted by Crippen LogP contribution is -2.35. The molecule has 1 saturated carbocycles. The molecule has 0 aliphatic heterocycles. The first-order valence-corrected chi connectivity index (χ1v) is 8.70. The van der Waals surface area contributed by atoms with Gasteiger partial charge in [-0.1, -0.05) is 19.1 Å². The van der Waals surface area contributed by atoms with E-state index in [4.69, 9.17) is 11.6 Å². The molecule has 1 aliphatic rings. The summed E-state index contributed by atoms with van der Waals surface area (Å²) in [6.07, 6.45) is 2.04. The fourth-order valence-corrected chi connectivity index (χ4v) is 4.12. The number of hydrogen-bond donors (Lipinski definition) is 0. The van der Waals surface area contributed by atoms with Gasteiger partial charge < -0.3 is 4.90 Å². The maximum atomic E-state index is 12.1. The second kappa shape index (κ2) is 5.71. The number of para-hydroxylation sites is 1. The minimum atomic E-state index is -3.18. The Morgan fingerprint density at radius 3 is 2.53 bits per heavy atom. The van der Waals surface area contributed by atoms with Crippen LogP contribution in [0.3, 0.4) is 0 Å². The molecule has 1 aromatic rings. The predicted molar refractivity (Wildman–Crippen MR) is 79.8 cm³/mol. The molecule has 3 nitrogen and oxygen atoms in total. The van der Waals surface area contributed by atoms with E-state index in [1.54, 1.807) is 19.1 Å². The standard InChI is InChI=1S/C14H20ClNO2S/c1-3-19(17,18)14-7-5-4-6-13(14)16(2)10-11-8-12(15)9-11/h4-7,11-12H,3,8-10H2,1-2H3. The topological polar surface area (TPSA) is 37.4 Å². The highest BCUT2D eigenvalue weighted by atomic mass is 35.5. The molecule has 0 aromatic heterocycles. The molecule has 1 fully saturated rings. The van der Waals surface area contributed by atoms with E-state index in [2.05, 4.69) is 0 Å². The molecule has 1 aliphatic carbocycles. The lowest BCUT2D eigenvalue weighted by molar-refractivity contribution is 0.329. The zero-order valence-electron chi connectivity index (χ0n) is 11.3. The molecule has 1 aromatic carbocycles. The van der Waals surface area contributed by atoms with Crippen molar-refractivity contribution in [2.45, 2.75) is 30.0 Å². The van der Waals surface area contributed by atoms with E-state index in [1.807, 2.05) is 24.1 Å². The molecular formula is C14H20ClNO2S.